The molecule has 3 nitrogen and oxygen atoms in total. The summed E-state index contributed by atoms with van der Waals surface area (Å²) in [6, 6.07) is 12.6. The van der Waals surface area contributed by atoms with Crippen molar-refractivity contribution in [1.29, 1.82) is 0 Å². The third kappa shape index (κ3) is 4.24. The summed E-state index contributed by atoms with van der Waals surface area (Å²) in [6.45, 7) is 5.42. The first kappa shape index (κ1) is 16.8. The number of hydrogen-bond donors (Lipinski definition) is 1. The second-order valence-electron chi connectivity index (χ2n) is 5.48. The Kier molecular flexibility index (Phi) is 5.14. The fourth-order valence-electron chi connectivity index (χ4n) is 1.85. The maximum Gasteiger partial charge on any atom is 0.267 e. The molecule has 0 unspecified atom stereocenters. The van der Waals surface area contributed by atoms with Gasteiger partial charge in [0.05, 0.1) is 0 Å². The van der Waals surface area contributed by atoms with Gasteiger partial charge < -0.3 is 10.1 Å². The summed E-state index contributed by atoms with van der Waals surface area (Å²) >= 11 is 9.28. The molecule has 2 aromatic rings. The fraction of sp³-hybridized carbons (Fsp3) is 0.235. The van der Waals surface area contributed by atoms with E-state index in [0.29, 0.717) is 10.8 Å². The number of rotatable bonds is 4. The van der Waals surface area contributed by atoms with Crippen LogP contribution in [0.3, 0.4) is 0 Å². The predicted molar refractivity (Wildman–Crippen MR) is 93.7 cm³/mol. The standard InChI is InChI=1S/C17H17BrClNO2/c1-11-10-13(6-9-15(11)18)20-16(21)17(2,3)22-14-7-4-12(19)5-8-14/h4-10H,1-3H3,(H,20,21). The van der Waals surface area contributed by atoms with Crippen LogP contribution in [0.5, 0.6) is 5.75 Å². The van der Waals surface area contributed by atoms with E-state index in [-0.39, 0.29) is 5.91 Å². The van der Waals surface area contributed by atoms with E-state index >= 15 is 0 Å². The van der Waals surface area contributed by atoms with Gasteiger partial charge in [0.15, 0.2) is 5.60 Å². The van der Waals surface area contributed by atoms with Gasteiger partial charge in [-0.25, -0.2) is 0 Å². The lowest BCUT2D eigenvalue weighted by atomic mass is 10.1. The van der Waals surface area contributed by atoms with Gasteiger partial charge in [0, 0.05) is 15.2 Å². The number of ether oxygens (including phenoxy) is 1. The Balaban J connectivity index is 2.09. The lowest BCUT2D eigenvalue weighted by molar-refractivity contribution is -0.128. The number of amides is 1. The van der Waals surface area contributed by atoms with Crippen LogP contribution in [0.1, 0.15) is 19.4 Å². The summed E-state index contributed by atoms with van der Waals surface area (Å²) < 4.78 is 6.77. The summed E-state index contributed by atoms with van der Waals surface area (Å²) in [4.78, 5) is 12.4. The summed E-state index contributed by atoms with van der Waals surface area (Å²) in [5, 5.41) is 3.50. The van der Waals surface area contributed by atoms with Crippen molar-refractivity contribution in [3.8, 4) is 5.75 Å². The van der Waals surface area contributed by atoms with Crippen LogP contribution in [0.2, 0.25) is 5.02 Å². The Morgan fingerprint density at radius 1 is 1.18 bits per heavy atom. The van der Waals surface area contributed by atoms with E-state index in [4.69, 9.17) is 16.3 Å². The second kappa shape index (κ2) is 6.71. The molecule has 0 aliphatic heterocycles. The average Bonchev–Trinajstić information content (AvgIpc) is 2.45. The summed E-state index contributed by atoms with van der Waals surface area (Å²) in [7, 11) is 0. The van der Waals surface area contributed by atoms with Crippen molar-refractivity contribution in [1.82, 2.24) is 0 Å². The van der Waals surface area contributed by atoms with Crippen molar-refractivity contribution in [2.75, 3.05) is 5.32 Å². The van der Waals surface area contributed by atoms with Crippen LogP contribution in [0.4, 0.5) is 5.69 Å². The lowest BCUT2D eigenvalue weighted by Gasteiger charge is -2.25. The van der Waals surface area contributed by atoms with E-state index in [1.165, 1.54) is 0 Å². The molecular weight excluding hydrogens is 366 g/mol. The van der Waals surface area contributed by atoms with Crippen LogP contribution in [-0.4, -0.2) is 11.5 Å². The van der Waals surface area contributed by atoms with Gasteiger partial charge in [-0.3, -0.25) is 4.79 Å². The van der Waals surface area contributed by atoms with Crippen LogP contribution >= 0.6 is 27.5 Å². The molecule has 0 radical (unpaired) electrons. The van der Waals surface area contributed by atoms with Crippen molar-refractivity contribution < 1.29 is 9.53 Å². The number of nitrogens with one attached hydrogen (secondary N) is 1. The molecule has 0 atom stereocenters. The molecule has 0 heterocycles. The van der Waals surface area contributed by atoms with E-state index in [2.05, 4.69) is 21.2 Å². The largest absolute Gasteiger partial charge is 0.478 e. The van der Waals surface area contributed by atoms with Crippen LogP contribution in [0.15, 0.2) is 46.9 Å². The van der Waals surface area contributed by atoms with Crippen molar-refractivity contribution >= 4 is 39.1 Å². The number of halogens is 2. The van der Waals surface area contributed by atoms with Crippen LogP contribution in [0.25, 0.3) is 0 Å². The molecule has 0 aliphatic carbocycles. The lowest BCUT2D eigenvalue weighted by Crippen LogP contribution is -2.42. The Bertz CT molecular complexity index is 684. The van der Waals surface area contributed by atoms with Crippen LogP contribution < -0.4 is 10.1 Å². The molecule has 22 heavy (non-hydrogen) atoms. The van der Waals surface area contributed by atoms with Crippen LogP contribution in [0, 0.1) is 6.92 Å². The van der Waals surface area contributed by atoms with Crippen molar-refractivity contribution in [3.63, 3.8) is 0 Å². The van der Waals surface area contributed by atoms with Crippen molar-refractivity contribution in [3.05, 3.63) is 57.5 Å². The highest BCUT2D eigenvalue weighted by Gasteiger charge is 2.30. The summed E-state index contributed by atoms with van der Waals surface area (Å²) in [6.07, 6.45) is 0. The van der Waals surface area contributed by atoms with Gasteiger partial charge in [0.25, 0.3) is 5.91 Å². The number of carbonyl (C=O) groups is 1. The first-order valence-electron chi connectivity index (χ1n) is 6.80. The minimum atomic E-state index is -1.01. The Morgan fingerprint density at radius 3 is 2.41 bits per heavy atom. The van der Waals surface area contributed by atoms with Gasteiger partial charge in [-0.05, 0) is 68.8 Å². The van der Waals surface area contributed by atoms with Crippen molar-refractivity contribution in [2.45, 2.75) is 26.4 Å². The second-order valence-corrected chi connectivity index (χ2v) is 6.78. The monoisotopic (exact) mass is 381 g/mol. The van der Waals surface area contributed by atoms with Crippen molar-refractivity contribution in [2.24, 2.45) is 0 Å². The third-order valence-corrected chi connectivity index (χ3v) is 4.29. The molecular formula is C17H17BrClNO2. The molecule has 5 heteroatoms. The summed E-state index contributed by atoms with van der Waals surface area (Å²) in [5.74, 6) is 0.376. The average molecular weight is 383 g/mol. The maximum atomic E-state index is 12.4. The molecule has 1 N–H and O–H groups in total. The predicted octanol–water partition coefficient (Wildman–Crippen LogP) is 5.21. The molecule has 0 saturated heterocycles. The number of hydrogen-bond acceptors (Lipinski definition) is 2. The molecule has 0 aromatic heterocycles. The fourth-order valence-corrected chi connectivity index (χ4v) is 2.22. The van der Waals surface area contributed by atoms with E-state index in [0.717, 1.165) is 15.7 Å². The van der Waals surface area contributed by atoms with Crippen LogP contribution in [-0.2, 0) is 4.79 Å². The van der Waals surface area contributed by atoms with Gasteiger partial charge in [-0.1, -0.05) is 27.5 Å². The molecule has 0 fully saturated rings. The van der Waals surface area contributed by atoms with Gasteiger partial charge in [-0.15, -0.1) is 0 Å². The van der Waals surface area contributed by atoms with Gasteiger partial charge in [0.2, 0.25) is 0 Å². The number of carbonyl (C=O) groups excluding carboxylic acids is 1. The van der Waals surface area contributed by atoms with E-state index in [9.17, 15) is 4.79 Å². The first-order valence-corrected chi connectivity index (χ1v) is 7.97. The zero-order valence-corrected chi connectivity index (χ0v) is 15.0. The number of anilines is 1. The topological polar surface area (TPSA) is 38.3 Å². The molecule has 2 aromatic carbocycles. The zero-order valence-electron chi connectivity index (χ0n) is 12.6. The first-order chi connectivity index (χ1) is 10.3. The number of aryl methyl sites for hydroxylation is 1. The molecule has 0 aliphatic rings. The van der Waals surface area contributed by atoms with E-state index in [1.54, 1.807) is 38.1 Å². The molecule has 116 valence electrons. The molecule has 0 spiro atoms. The minimum Gasteiger partial charge on any atom is -0.478 e. The third-order valence-electron chi connectivity index (χ3n) is 3.15. The number of benzene rings is 2. The Hall–Kier alpha value is -1.52. The maximum absolute atomic E-state index is 12.4. The smallest absolute Gasteiger partial charge is 0.267 e. The Labute approximate surface area is 143 Å². The Morgan fingerprint density at radius 2 is 1.82 bits per heavy atom. The minimum absolute atomic E-state index is 0.218. The molecule has 2 rings (SSSR count). The molecule has 0 saturated carbocycles. The molecule has 1 amide bonds. The highest BCUT2D eigenvalue weighted by molar-refractivity contribution is 9.10. The van der Waals surface area contributed by atoms with Gasteiger partial charge >= 0.3 is 0 Å². The highest BCUT2D eigenvalue weighted by atomic mass is 79.9. The SMILES string of the molecule is Cc1cc(NC(=O)C(C)(C)Oc2ccc(Cl)cc2)ccc1Br. The van der Waals surface area contributed by atoms with Gasteiger partial charge in [0.1, 0.15) is 5.75 Å². The highest BCUT2D eigenvalue weighted by Crippen LogP contribution is 2.24. The summed E-state index contributed by atoms with van der Waals surface area (Å²) in [5.41, 5.74) is 0.780. The van der Waals surface area contributed by atoms with Gasteiger partial charge in [-0.2, -0.15) is 0 Å². The van der Waals surface area contributed by atoms with E-state index < -0.39 is 5.60 Å². The quantitative estimate of drug-likeness (QED) is 0.788. The van der Waals surface area contributed by atoms with E-state index in [1.807, 2.05) is 25.1 Å². The molecule has 0 bridgehead atoms. The zero-order chi connectivity index (χ0) is 16.3. The normalized spacial score (nSPS) is 11.1.